The first-order chi connectivity index (χ1) is 14.3. The van der Waals surface area contributed by atoms with Gasteiger partial charge in [-0.25, -0.2) is 4.39 Å². The lowest BCUT2D eigenvalue weighted by atomic mass is 10.1. The van der Waals surface area contributed by atoms with Gasteiger partial charge in [0.15, 0.2) is 11.5 Å². The molecule has 1 aliphatic heterocycles. The van der Waals surface area contributed by atoms with E-state index in [1.54, 1.807) is 18.2 Å². The normalized spacial score (nSPS) is 16.4. The van der Waals surface area contributed by atoms with Gasteiger partial charge in [0.1, 0.15) is 12.4 Å². The number of alkyl halides is 3. The van der Waals surface area contributed by atoms with Crippen LogP contribution in [0.25, 0.3) is 0 Å². The van der Waals surface area contributed by atoms with Gasteiger partial charge < -0.3 is 19.5 Å². The maximum Gasteiger partial charge on any atom is 0.419 e. The van der Waals surface area contributed by atoms with E-state index in [4.69, 9.17) is 14.2 Å². The molecule has 1 atom stereocenters. The Morgan fingerprint density at radius 1 is 1.20 bits per heavy atom. The maximum absolute atomic E-state index is 13.4. The third kappa shape index (κ3) is 5.41. The molecule has 1 fully saturated rings. The Morgan fingerprint density at radius 3 is 2.67 bits per heavy atom. The zero-order valence-corrected chi connectivity index (χ0v) is 16.2. The van der Waals surface area contributed by atoms with Crippen molar-refractivity contribution in [3.05, 3.63) is 58.9 Å². The summed E-state index contributed by atoms with van der Waals surface area (Å²) < 4.78 is 68.4. The van der Waals surface area contributed by atoms with E-state index in [0.717, 1.165) is 25.5 Å². The van der Waals surface area contributed by atoms with Crippen LogP contribution in [0.15, 0.2) is 36.4 Å². The molecule has 0 aromatic heterocycles. The highest BCUT2D eigenvalue weighted by Gasteiger charge is 2.34. The predicted molar refractivity (Wildman–Crippen MR) is 100 cm³/mol. The molecule has 3 rings (SSSR count). The Hall–Kier alpha value is -2.81. The summed E-state index contributed by atoms with van der Waals surface area (Å²) in [6.07, 6.45) is -2.90. The molecule has 0 bridgehead atoms. The Kier molecular flexibility index (Phi) is 6.81. The van der Waals surface area contributed by atoms with Gasteiger partial charge in [-0.05, 0) is 48.7 Å². The van der Waals surface area contributed by atoms with Crippen molar-refractivity contribution in [2.24, 2.45) is 0 Å². The molecule has 1 unspecified atom stereocenters. The molecule has 0 aliphatic carbocycles. The number of benzene rings is 2. The van der Waals surface area contributed by atoms with Crippen LogP contribution in [0.3, 0.4) is 0 Å². The minimum Gasteiger partial charge on any atom is -0.493 e. The Balaban J connectivity index is 1.63. The Bertz CT molecular complexity index is 895. The second-order valence-electron chi connectivity index (χ2n) is 6.81. The third-order valence-electron chi connectivity index (χ3n) is 4.66. The highest BCUT2D eigenvalue weighted by Crippen LogP contribution is 2.32. The van der Waals surface area contributed by atoms with Crippen LogP contribution in [0.1, 0.15) is 34.3 Å². The molecule has 1 aliphatic rings. The van der Waals surface area contributed by atoms with Crippen LogP contribution in [0.4, 0.5) is 17.6 Å². The second kappa shape index (κ2) is 9.34. The van der Waals surface area contributed by atoms with Crippen molar-refractivity contribution in [1.29, 1.82) is 0 Å². The third-order valence-corrected chi connectivity index (χ3v) is 4.66. The van der Waals surface area contributed by atoms with E-state index in [2.05, 4.69) is 5.32 Å². The van der Waals surface area contributed by atoms with E-state index in [0.29, 0.717) is 35.8 Å². The number of carbonyl (C=O) groups is 1. The highest BCUT2D eigenvalue weighted by atomic mass is 19.4. The van der Waals surface area contributed by atoms with Crippen molar-refractivity contribution in [2.45, 2.75) is 31.7 Å². The molecule has 0 spiro atoms. The molecule has 0 radical (unpaired) electrons. The van der Waals surface area contributed by atoms with Crippen LogP contribution in [-0.2, 0) is 17.5 Å². The van der Waals surface area contributed by atoms with Crippen LogP contribution < -0.4 is 14.8 Å². The lowest BCUT2D eigenvalue weighted by Gasteiger charge is -2.15. The number of amides is 1. The van der Waals surface area contributed by atoms with Gasteiger partial charge in [0.05, 0.1) is 18.8 Å². The number of hydrogen-bond acceptors (Lipinski definition) is 4. The minimum absolute atomic E-state index is 0.0416. The number of carbonyl (C=O) groups excluding carboxylic acids is 1. The fourth-order valence-electron chi connectivity index (χ4n) is 3.07. The fourth-order valence-corrected chi connectivity index (χ4v) is 3.07. The van der Waals surface area contributed by atoms with E-state index in [-0.39, 0.29) is 18.2 Å². The van der Waals surface area contributed by atoms with Crippen LogP contribution in [0.5, 0.6) is 11.5 Å². The standard InChI is InChI=1S/C21H21F4NO4/c1-28-19-9-13(4-7-18(19)30-12-15-3-2-8-29-15)11-26-20(27)14-5-6-17(22)16(10-14)21(23,24)25/h4-7,9-10,15H,2-3,8,11-12H2,1H3,(H,26,27). The lowest BCUT2D eigenvalue weighted by Crippen LogP contribution is -2.23. The molecule has 162 valence electrons. The predicted octanol–water partition coefficient (Wildman–Crippen LogP) is 4.34. The maximum atomic E-state index is 13.4. The summed E-state index contributed by atoms with van der Waals surface area (Å²) in [6, 6.07) is 7.18. The summed E-state index contributed by atoms with van der Waals surface area (Å²) in [7, 11) is 1.48. The van der Waals surface area contributed by atoms with E-state index in [9.17, 15) is 22.4 Å². The van der Waals surface area contributed by atoms with Crippen LogP contribution >= 0.6 is 0 Å². The lowest BCUT2D eigenvalue weighted by molar-refractivity contribution is -0.140. The van der Waals surface area contributed by atoms with Crippen molar-refractivity contribution in [3.63, 3.8) is 0 Å². The second-order valence-corrected chi connectivity index (χ2v) is 6.81. The molecule has 5 nitrogen and oxygen atoms in total. The number of halogens is 4. The molecule has 1 heterocycles. The van der Waals surface area contributed by atoms with E-state index in [1.807, 2.05) is 0 Å². The number of rotatable bonds is 7. The summed E-state index contributed by atoms with van der Waals surface area (Å²) in [5, 5.41) is 2.52. The van der Waals surface area contributed by atoms with Gasteiger partial charge in [-0.15, -0.1) is 0 Å². The van der Waals surface area contributed by atoms with Gasteiger partial charge in [0.25, 0.3) is 5.91 Å². The molecule has 9 heteroatoms. The van der Waals surface area contributed by atoms with Crippen LogP contribution in [0, 0.1) is 5.82 Å². The molecule has 1 amide bonds. The van der Waals surface area contributed by atoms with Gasteiger partial charge in [-0.1, -0.05) is 6.07 Å². The Labute approximate surface area is 170 Å². The van der Waals surface area contributed by atoms with Gasteiger partial charge >= 0.3 is 6.18 Å². The number of nitrogens with one attached hydrogen (secondary N) is 1. The van der Waals surface area contributed by atoms with Crippen LogP contribution in [0.2, 0.25) is 0 Å². The number of hydrogen-bond donors (Lipinski definition) is 1. The molecular weight excluding hydrogens is 406 g/mol. The quantitative estimate of drug-likeness (QED) is 0.668. The monoisotopic (exact) mass is 427 g/mol. The van der Waals surface area contributed by atoms with Gasteiger partial charge in [0, 0.05) is 18.7 Å². The molecule has 1 saturated heterocycles. The number of methoxy groups -OCH3 is 1. The summed E-state index contributed by atoms with van der Waals surface area (Å²) in [5.74, 6) is -1.20. The summed E-state index contributed by atoms with van der Waals surface area (Å²) >= 11 is 0. The number of ether oxygens (including phenoxy) is 3. The largest absolute Gasteiger partial charge is 0.493 e. The SMILES string of the molecule is COc1cc(CNC(=O)c2ccc(F)c(C(F)(F)F)c2)ccc1OCC1CCCO1. The minimum atomic E-state index is -4.88. The van der Waals surface area contributed by atoms with Crippen molar-refractivity contribution >= 4 is 5.91 Å². The van der Waals surface area contributed by atoms with Crippen molar-refractivity contribution in [2.75, 3.05) is 20.3 Å². The fraction of sp³-hybridized carbons (Fsp3) is 0.381. The van der Waals surface area contributed by atoms with E-state index < -0.39 is 23.5 Å². The highest BCUT2D eigenvalue weighted by molar-refractivity contribution is 5.94. The van der Waals surface area contributed by atoms with Crippen molar-refractivity contribution < 1.29 is 36.6 Å². The van der Waals surface area contributed by atoms with Crippen molar-refractivity contribution in [1.82, 2.24) is 5.32 Å². The molecule has 1 N–H and O–H groups in total. The molecular formula is C21H21F4NO4. The summed E-state index contributed by atoms with van der Waals surface area (Å²) in [4.78, 5) is 12.2. The van der Waals surface area contributed by atoms with Gasteiger partial charge in [0.2, 0.25) is 0 Å². The van der Waals surface area contributed by atoms with Crippen LogP contribution in [-0.4, -0.2) is 32.3 Å². The van der Waals surface area contributed by atoms with E-state index in [1.165, 1.54) is 7.11 Å². The van der Waals surface area contributed by atoms with Gasteiger partial charge in [-0.3, -0.25) is 4.79 Å². The molecule has 2 aromatic rings. The average Bonchev–Trinajstić information content (AvgIpc) is 3.23. The van der Waals surface area contributed by atoms with E-state index >= 15 is 0 Å². The molecule has 0 saturated carbocycles. The molecule has 2 aromatic carbocycles. The summed E-state index contributed by atoms with van der Waals surface area (Å²) in [6.45, 7) is 1.17. The first-order valence-corrected chi connectivity index (χ1v) is 9.34. The molecule has 30 heavy (non-hydrogen) atoms. The van der Waals surface area contributed by atoms with Gasteiger partial charge in [-0.2, -0.15) is 13.2 Å². The first-order valence-electron chi connectivity index (χ1n) is 9.34. The topological polar surface area (TPSA) is 56.8 Å². The smallest absolute Gasteiger partial charge is 0.419 e. The van der Waals surface area contributed by atoms with Crippen molar-refractivity contribution in [3.8, 4) is 11.5 Å². The average molecular weight is 427 g/mol. The zero-order chi connectivity index (χ0) is 21.7. The first kappa shape index (κ1) is 21.9. The summed E-state index contributed by atoms with van der Waals surface area (Å²) in [5.41, 5.74) is -1.11. The zero-order valence-electron chi connectivity index (χ0n) is 16.2. The Morgan fingerprint density at radius 2 is 2.00 bits per heavy atom.